The Morgan fingerprint density at radius 2 is 2.28 bits per heavy atom. The quantitative estimate of drug-likeness (QED) is 0.925. The molecule has 3 rings (SSSR count). The van der Waals surface area contributed by atoms with Gasteiger partial charge >= 0.3 is 5.97 Å². The van der Waals surface area contributed by atoms with Gasteiger partial charge in [-0.3, -0.25) is 4.79 Å². The third-order valence-corrected chi connectivity index (χ3v) is 4.66. The number of benzene rings is 1. The molecule has 0 saturated carbocycles. The molecule has 1 aliphatic heterocycles. The Morgan fingerprint density at radius 3 is 3.00 bits per heavy atom. The van der Waals surface area contributed by atoms with E-state index in [1.165, 1.54) is 16.8 Å². The number of carboxylic acids is 1. The summed E-state index contributed by atoms with van der Waals surface area (Å²) in [5.41, 5.74) is 4.69. The number of hydrogen-bond acceptors (Lipinski definition) is 1. The van der Waals surface area contributed by atoms with E-state index in [1.807, 2.05) is 6.07 Å². The fourth-order valence-corrected chi connectivity index (χ4v) is 3.42. The predicted octanol–water partition coefficient (Wildman–Crippen LogP) is 3.29. The molecule has 4 heteroatoms. The Hall–Kier alpha value is -1.29. The summed E-state index contributed by atoms with van der Waals surface area (Å²) in [6.45, 7) is 3.16. The lowest BCUT2D eigenvalue weighted by molar-refractivity contribution is -0.136. The average Bonchev–Trinajstić information content (AvgIpc) is 2.56. The highest BCUT2D eigenvalue weighted by Crippen LogP contribution is 2.36. The molecule has 0 atom stereocenters. The van der Waals surface area contributed by atoms with Crippen LogP contribution in [0.2, 0.25) is 0 Å². The summed E-state index contributed by atoms with van der Waals surface area (Å²) in [6, 6.07) is 4.06. The van der Waals surface area contributed by atoms with Crippen LogP contribution >= 0.6 is 15.9 Å². The first-order chi connectivity index (χ1) is 8.58. The monoisotopic (exact) mass is 307 g/mol. The van der Waals surface area contributed by atoms with Crippen LogP contribution in [0.25, 0.3) is 10.9 Å². The Bertz CT molecular complexity index is 658. The Kier molecular flexibility index (Phi) is 2.70. The molecule has 0 amide bonds. The van der Waals surface area contributed by atoms with E-state index in [9.17, 15) is 4.79 Å². The zero-order valence-electron chi connectivity index (χ0n) is 10.2. The highest BCUT2D eigenvalue weighted by Gasteiger charge is 2.20. The van der Waals surface area contributed by atoms with Gasteiger partial charge in [0.05, 0.1) is 11.9 Å². The fraction of sp³-hybridized carbons (Fsp3) is 0.357. The minimum absolute atomic E-state index is 0.0968. The van der Waals surface area contributed by atoms with E-state index in [1.54, 1.807) is 0 Å². The van der Waals surface area contributed by atoms with Crippen LogP contribution in [0.3, 0.4) is 0 Å². The highest BCUT2D eigenvalue weighted by molar-refractivity contribution is 9.10. The second-order valence-corrected chi connectivity index (χ2v) is 5.67. The topological polar surface area (TPSA) is 42.2 Å². The molecule has 0 aliphatic carbocycles. The molecule has 0 unspecified atom stereocenters. The molecule has 1 aromatic carbocycles. The molecule has 1 aromatic heterocycles. The maximum absolute atomic E-state index is 10.9. The molecule has 0 fully saturated rings. The number of carboxylic acid groups (broad SMARTS) is 1. The molecule has 18 heavy (non-hydrogen) atoms. The highest BCUT2D eigenvalue weighted by atomic mass is 79.9. The van der Waals surface area contributed by atoms with Crippen LogP contribution in [0.1, 0.15) is 23.2 Å². The maximum atomic E-state index is 10.9. The van der Waals surface area contributed by atoms with Gasteiger partial charge in [-0.1, -0.05) is 6.07 Å². The third kappa shape index (κ3) is 1.67. The minimum Gasteiger partial charge on any atom is -0.481 e. The van der Waals surface area contributed by atoms with Gasteiger partial charge in [-0.25, -0.2) is 0 Å². The van der Waals surface area contributed by atoms with Crippen LogP contribution in [0.5, 0.6) is 0 Å². The van der Waals surface area contributed by atoms with Gasteiger partial charge in [0.15, 0.2) is 0 Å². The predicted molar refractivity (Wildman–Crippen MR) is 74.0 cm³/mol. The first kappa shape index (κ1) is 11.8. The molecule has 0 spiro atoms. The van der Waals surface area contributed by atoms with Crippen LogP contribution in [0, 0.1) is 6.92 Å². The molecule has 0 bridgehead atoms. The molecular formula is C14H14BrNO2. The standard InChI is InChI=1S/C14H14BrNO2/c1-8-13(15)11-6-9(7-12(17)18)5-10-3-2-4-16(8)14(10)11/h5-6H,2-4,7H2,1H3,(H,17,18). The van der Waals surface area contributed by atoms with E-state index < -0.39 is 5.97 Å². The minimum atomic E-state index is -0.773. The van der Waals surface area contributed by atoms with E-state index in [4.69, 9.17) is 5.11 Å². The molecule has 1 N–H and O–H groups in total. The zero-order chi connectivity index (χ0) is 12.9. The number of nitrogens with zero attached hydrogens (tertiary/aromatic N) is 1. The number of hydrogen-bond donors (Lipinski definition) is 1. The van der Waals surface area contributed by atoms with E-state index in [0.29, 0.717) is 0 Å². The van der Waals surface area contributed by atoms with Gasteiger partial charge in [0.2, 0.25) is 0 Å². The van der Waals surface area contributed by atoms with Crippen molar-refractivity contribution in [3.63, 3.8) is 0 Å². The largest absolute Gasteiger partial charge is 0.481 e. The Labute approximate surface area is 114 Å². The summed E-state index contributed by atoms with van der Waals surface area (Å²) in [5, 5.41) is 10.1. The number of aryl methyl sites for hydroxylation is 2. The average molecular weight is 308 g/mol. The van der Waals surface area contributed by atoms with E-state index in [0.717, 1.165) is 34.8 Å². The fourth-order valence-electron chi connectivity index (χ4n) is 2.90. The van der Waals surface area contributed by atoms with Crippen molar-refractivity contribution in [2.45, 2.75) is 32.7 Å². The van der Waals surface area contributed by atoms with Crippen molar-refractivity contribution < 1.29 is 9.90 Å². The van der Waals surface area contributed by atoms with Gasteiger partial charge < -0.3 is 9.67 Å². The van der Waals surface area contributed by atoms with Gasteiger partial charge in [-0.05, 0) is 52.9 Å². The zero-order valence-corrected chi connectivity index (χ0v) is 11.7. The van der Waals surface area contributed by atoms with Crippen molar-refractivity contribution in [1.29, 1.82) is 0 Å². The van der Waals surface area contributed by atoms with Gasteiger partial charge in [0.25, 0.3) is 0 Å². The second-order valence-electron chi connectivity index (χ2n) is 4.88. The van der Waals surface area contributed by atoms with Crippen LogP contribution in [-0.2, 0) is 24.2 Å². The SMILES string of the molecule is Cc1c(Br)c2cc(CC(=O)O)cc3c2n1CCC3. The van der Waals surface area contributed by atoms with Crippen LogP contribution in [0.4, 0.5) is 0 Å². The molecule has 2 heterocycles. The van der Waals surface area contributed by atoms with E-state index in [2.05, 4.69) is 33.5 Å². The second kappa shape index (κ2) is 4.12. The van der Waals surface area contributed by atoms with Gasteiger partial charge in [-0.2, -0.15) is 0 Å². The van der Waals surface area contributed by atoms with Crippen molar-refractivity contribution in [1.82, 2.24) is 4.57 Å². The van der Waals surface area contributed by atoms with Crippen molar-refractivity contribution in [2.75, 3.05) is 0 Å². The number of rotatable bonds is 2. The van der Waals surface area contributed by atoms with Crippen LogP contribution < -0.4 is 0 Å². The summed E-state index contributed by atoms with van der Waals surface area (Å²) in [6.07, 6.45) is 2.26. The first-order valence-corrected chi connectivity index (χ1v) is 6.89. The third-order valence-electron chi connectivity index (χ3n) is 3.66. The molecule has 2 aromatic rings. The Balaban J connectivity index is 2.29. The number of aliphatic carboxylic acids is 1. The number of carbonyl (C=O) groups is 1. The summed E-state index contributed by atoms with van der Waals surface area (Å²) in [4.78, 5) is 10.9. The summed E-state index contributed by atoms with van der Waals surface area (Å²) in [7, 11) is 0. The van der Waals surface area contributed by atoms with Crippen LogP contribution in [0.15, 0.2) is 16.6 Å². The summed E-state index contributed by atoms with van der Waals surface area (Å²) in [5.74, 6) is -0.773. The molecule has 1 aliphatic rings. The molecule has 3 nitrogen and oxygen atoms in total. The summed E-state index contributed by atoms with van der Waals surface area (Å²) >= 11 is 3.64. The van der Waals surface area contributed by atoms with E-state index >= 15 is 0 Å². The van der Waals surface area contributed by atoms with Crippen molar-refractivity contribution in [3.05, 3.63) is 33.4 Å². The van der Waals surface area contributed by atoms with E-state index in [-0.39, 0.29) is 6.42 Å². The van der Waals surface area contributed by atoms with Gasteiger partial charge in [-0.15, -0.1) is 0 Å². The normalized spacial score (nSPS) is 14.1. The molecule has 0 radical (unpaired) electrons. The van der Waals surface area contributed by atoms with Crippen molar-refractivity contribution in [3.8, 4) is 0 Å². The summed E-state index contributed by atoms with van der Waals surface area (Å²) < 4.78 is 3.44. The smallest absolute Gasteiger partial charge is 0.307 e. The molecule has 0 saturated heterocycles. The molecular weight excluding hydrogens is 294 g/mol. The maximum Gasteiger partial charge on any atom is 0.307 e. The van der Waals surface area contributed by atoms with Crippen molar-refractivity contribution in [2.24, 2.45) is 0 Å². The first-order valence-electron chi connectivity index (χ1n) is 6.10. The molecule has 94 valence electrons. The number of aromatic nitrogens is 1. The van der Waals surface area contributed by atoms with Crippen LogP contribution in [-0.4, -0.2) is 15.6 Å². The van der Waals surface area contributed by atoms with Gasteiger partial charge in [0, 0.05) is 22.1 Å². The van der Waals surface area contributed by atoms with Gasteiger partial charge in [0.1, 0.15) is 0 Å². The van der Waals surface area contributed by atoms with Crippen molar-refractivity contribution >= 4 is 32.8 Å². The lowest BCUT2D eigenvalue weighted by atomic mass is 9.99. The number of halogens is 1. The lowest BCUT2D eigenvalue weighted by Gasteiger charge is -2.17. The lowest BCUT2D eigenvalue weighted by Crippen LogP contribution is -2.09. The Morgan fingerprint density at radius 1 is 1.50 bits per heavy atom.